The van der Waals surface area contributed by atoms with E-state index in [0.29, 0.717) is 0 Å². The molecule has 0 aromatic carbocycles. The summed E-state index contributed by atoms with van der Waals surface area (Å²) >= 11 is 0. The van der Waals surface area contributed by atoms with Crippen molar-refractivity contribution >= 4 is 0 Å². The van der Waals surface area contributed by atoms with Crippen LogP contribution in [0, 0.1) is 0 Å². The van der Waals surface area contributed by atoms with Crippen LogP contribution in [-0.4, -0.2) is 63.2 Å². The average Bonchev–Trinajstić information content (AvgIpc) is 2.18. The van der Waals surface area contributed by atoms with E-state index in [1.165, 1.54) is 38.9 Å². The van der Waals surface area contributed by atoms with Crippen LogP contribution in [0.25, 0.3) is 0 Å². The second-order valence-corrected chi connectivity index (χ2v) is 4.46. The summed E-state index contributed by atoms with van der Waals surface area (Å²) in [6.45, 7) is 7.26. The molecule has 1 aliphatic heterocycles. The average molecular weight is 199 g/mol. The van der Waals surface area contributed by atoms with Gasteiger partial charge in [-0.3, -0.25) is 0 Å². The molecule has 3 nitrogen and oxygen atoms in total. The molecule has 1 N–H and O–H groups in total. The molecular weight excluding hydrogens is 174 g/mol. The molecule has 3 heteroatoms. The van der Waals surface area contributed by atoms with Gasteiger partial charge in [0.05, 0.1) is 0 Å². The summed E-state index contributed by atoms with van der Waals surface area (Å²) < 4.78 is 0. The lowest BCUT2D eigenvalue weighted by molar-refractivity contribution is 0.228. The van der Waals surface area contributed by atoms with E-state index in [2.05, 4.69) is 29.2 Å². The van der Waals surface area contributed by atoms with Crippen molar-refractivity contribution < 1.29 is 0 Å². The maximum absolute atomic E-state index is 3.48. The number of likely N-dealkylation sites (N-methyl/N-ethyl adjacent to an activating group) is 1. The van der Waals surface area contributed by atoms with Crippen molar-refractivity contribution in [2.24, 2.45) is 0 Å². The van der Waals surface area contributed by atoms with Crippen LogP contribution in [0.4, 0.5) is 0 Å². The van der Waals surface area contributed by atoms with Gasteiger partial charge in [0.25, 0.3) is 0 Å². The van der Waals surface area contributed by atoms with Crippen LogP contribution in [0.15, 0.2) is 0 Å². The Bertz CT molecular complexity index is 130. The Balaban J connectivity index is 1.87. The maximum Gasteiger partial charge on any atom is 0.0107 e. The van der Waals surface area contributed by atoms with Gasteiger partial charge in [0, 0.05) is 26.2 Å². The number of piperidine rings is 1. The zero-order chi connectivity index (χ0) is 10.2. The van der Waals surface area contributed by atoms with Crippen molar-refractivity contribution in [3.8, 4) is 0 Å². The van der Waals surface area contributed by atoms with Crippen molar-refractivity contribution in [2.75, 3.05) is 53.4 Å². The minimum Gasteiger partial charge on any atom is -0.314 e. The first kappa shape index (κ1) is 12.0. The summed E-state index contributed by atoms with van der Waals surface area (Å²) in [5.74, 6) is 0. The molecule has 1 rings (SSSR count). The Morgan fingerprint density at radius 1 is 1.07 bits per heavy atom. The molecule has 0 amide bonds. The molecule has 14 heavy (non-hydrogen) atoms. The van der Waals surface area contributed by atoms with Crippen LogP contribution in [-0.2, 0) is 0 Å². The number of hydrogen-bond donors (Lipinski definition) is 1. The van der Waals surface area contributed by atoms with Crippen molar-refractivity contribution in [1.29, 1.82) is 0 Å². The summed E-state index contributed by atoms with van der Waals surface area (Å²) in [6, 6.07) is 0. The van der Waals surface area contributed by atoms with E-state index in [1.54, 1.807) is 0 Å². The molecule has 1 saturated heterocycles. The standard InChI is InChI=1S/C11H25N3/c1-13(2)10-6-12-7-11-14-8-4-3-5-9-14/h12H,3-11H2,1-2H3. The second kappa shape index (κ2) is 7.21. The van der Waals surface area contributed by atoms with Gasteiger partial charge in [0.2, 0.25) is 0 Å². The van der Waals surface area contributed by atoms with Crippen molar-refractivity contribution in [3.63, 3.8) is 0 Å². The third kappa shape index (κ3) is 5.58. The molecule has 1 aliphatic rings. The van der Waals surface area contributed by atoms with Gasteiger partial charge in [0.1, 0.15) is 0 Å². The van der Waals surface area contributed by atoms with Gasteiger partial charge >= 0.3 is 0 Å². The highest BCUT2D eigenvalue weighted by Crippen LogP contribution is 2.06. The smallest absolute Gasteiger partial charge is 0.0107 e. The molecule has 0 radical (unpaired) electrons. The summed E-state index contributed by atoms with van der Waals surface area (Å²) in [5, 5.41) is 3.48. The van der Waals surface area contributed by atoms with E-state index in [1.807, 2.05) is 0 Å². The largest absolute Gasteiger partial charge is 0.314 e. The molecular formula is C11H25N3. The second-order valence-electron chi connectivity index (χ2n) is 4.46. The Morgan fingerprint density at radius 2 is 1.79 bits per heavy atom. The van der Waals surface area contributed by atoms with Crippen LogP contribution in [0.2, 0.25) is 0 Å². The molecule has 1 heterocycles. The number of hydrogen-bond acceptors (Lipinski definition) is 3. The van der Waals surface area contributed by atoms with E-state index in [0.717, 1.165) is 19.6 Å². The molecule has 0 aliphatic carbocycles. The summed E-state index contributed by atoms with van der Waals surface area (Å²) in [4.78, 5) is 4.79. The van der Waals surface area contributed by atoms with Gasteiger partial charge < -0.3 is 15.1 Å². The monoisotopic (exact) mass is 199 g/mol. The quantitative estimate of drug-likeness (QED) is 0.633. The lowest BCUT2D eigenvalue weighted by atomic mass is 10.1. The Kier molecular flexibility index (Phi) is 6.15. The van der Waals surface area contributed by atoms with Crippen molar-refractivity contribution in [3.05, 3.63) is 0 Å². The minimum absolute atomic E-state index is 1.11. The summed E-state index contributed by atoms with van der Waals surface area (Å²) in [6.07, 6.45) is 4.24. The van der Waals surface area contributed by atoms with E-state index < -0.39 is 0 Å². The Hall–Kier alpha value is -0.120. The molecule has 0 atom stereocenters. The number of rotatable bonds is 6. The molecule has 0 saturated carbocycles. The molecule has 84 valence electrons. The van der Waals surface area contributed by atoms with Gasteiger partial charge in [-0.2, -0.15) is 0 Å². The van der Waals surface area contributed by atoms with E-state index in [9.17, 15) is 0 Å². The first-order chi connectivity index (χ1) is 6.79. The Labute approximate surface area is 88.5 Å². The lowest BCUT2D eigenvalue weighted by Gasteiger charge is -2.26. The molecule has 0 bridgehead atoms. The first-order valence-electron chi connectivity index (χ1n) is 5.87. The number of nitrogens with one attached hydrogen (secondary N) is 1. The van der Waals surface area contributed by atoms with Gasteiger partial charge in [-0.1, -0.05) is 6.42 Å². The highest BCUT2D eigenvalue weighted by atomic mass is 15.1. The fourth-order valence-corrected chi connectivity index (χ4v) is 1.85. The molecule has 0 aromatic rings. The van der Waals surface area contributed by atoms with Crippen LogP contribution < -0.4 is 5.32 Å². The van der Waals surface area contributed by atoms with E-state index in [4.69, 9.17) is 0 Å². The normalized spacial score (nSPS) is 19.1. The fraction of sp³-hybridized carbons (Fsp3) is 1.00. The van der Waals surface area contributed by atoms with Gasteiger partial charge in [-0.25, -0.2) is 0 Å². The van der Waals surface area contributed by atoms with Crippen LogP contribution in [0.1, 0.15) is 19.3 Å². The van der Waals surface area contributed by atoms with Crippen molar-refractivity contribution in [2.45, 2.75) is 19.3 Å². The number of nitrogens with zero attached hydrogens (tertiary/aromatic N) is 2. The third-order valence-corrected chi connectivity index (χ3v) is 2.79. The van der Waals surface area contributed by atoms with Gasteiger partial charge in [-0.05, 0) is 40.0 Å². The highest BCUT2D eigenvalue weighted by Gasteiger charge is 2.08. The Morgan fingerprint density at radius 3 is 2.43 bits per heavy atom. The number of likely N-dealkylation sites (tertiary alicyclic amines) is 1. The highest BCUT2D eigenvalue weighted by molar-refractivity contribution is 4.65. The van der Waals surface area contributed by atoms with Gasteiger partial charge in [0.15, 0.2) is 0 Å². The summed E-state index contributed by atoms with van der Waals surface area (Å²) in [5.41, 5.74) is 0. The predicted octanol–water partition coefficient (Wildman–Crippen LogP) is 0.624. The maximum atomic E-state index is 3.48. The zero-order valence-corrected chi connectivity index (χ0v) is 9.76. The molecule has 0 spiro atoms. The van der Waals surface area contributed by atoms with Crippen molar-refractivity contribution in [1.82, 2.24) is 15.1 Å². The molecule has 0 unspecified atom stereocenters. The predicted molar refractivity (Wildman–Crippen MR) is 61.7 cm³/mol. The van der Waals surface area contributed by atoms with Crippen LogP contribution in [0.5, 0.6) is 0 Å². The molecule has 0 aromatic heterocycles. The SMILES string of the molecule is CN(C)CCNCCN1CCCCC1. The zero-order valence-electron chi connectivity index (χ0n) is 9.76. The first-order valence-corrected chi connectivity index (χ1v) is 5.87. The van der Waals surface area contributed by atoms with Gasteiger partial charge in [-0.15, -0.1) is 0 Å². The van der Waals surface area contributed by atoms with E-state index >= 15 is 0 Å². The molecule has 1 fully saturated rings. The van der Waals surface area contributed by atoms with Crippen LogP contribution in [0.3, 0.4) is 0 Å². The van der Waals surface area contributed by atoms with Crippen LogP contribution >= 0.6 is 0 Å². The summed E-state index contributed by atoms with van der Waals surface area (Å²) in [7, 11) is 4.23. The van der Waals surface area contributed by atoms with E-state index in [-0.39, 0.29) is 0 Å². The topological polar surface area (TPSA) is 18.5 Å². The minimum atomic E-state index is 1.11. The fourth-order valence-electron chi connectivity index (χ4n) is 1.85. The lowest BCUT2D eigenvalue weighted by Crippen LogP contribution is -2.37. The third-order valence-electron chi connectivity index (χ3n) is 2.79.